The third kappa shape index (κ3) is 4.85. The zero-order valence-electron chi connectivity index (χ0n) is 33.7. The minimum absolute atomic E-state index is 0.586. The van der Waals surface area contributed by atoms with Crippen molar-refractivity contribution >= 4 is 76.4 Å². The first-order valence-electron chi connectivity index (χ1n) is 21.4. The van der Waals surface area contributed by atoms with Crippen LogP contribution in [0, 0.1) is 0 Å². The molecule has 1 spiro atoms. The molecule has 2 nitrogen and oxygen atoms in total. The Hall–Kier alpha value is -7.72. The molecule has 0 saturated heterocycles. The van der Waals surface area contributed by atoms with Crippen LogP contribution in [0.2, 0.25) is 0 Å². The SMILES string of the molecule is c1ccc(N(c2ccccc2)c2cccc3c2-c2ccccc2C32c3ccccc3-c3c2cc2ccccc2c3N(c2ccccc2)c2cccc3c2sc2ccccc23)cc1. The molecule has 11 aromatic rings. The van der Waals surface area contributed by atoms with Crippen LogP contribution in [0.3, 0.4) is 0 Å². The average Bonchev–Trinajstić information content (AvgIpc) is 3.97. The second-order valence-electron chi connectivity index (χ2n) is 16.3. The topological polar surface area (TPSA) is 6.48 Å². The summed E-state index contributed by atoms with van der Waals surface area (Å²) in [6.07, 6.45) is 0. The van der Waals surface area contributed by atoms with Gasteiger partial charge in [-0.1, -0.05) is 170 Å². The van der Waals surface area contributed by atoms with Gasteiger partial charge in [-0.15, -0.1) is 11.3 Å². The Morgan fingerprint density at radius 1 is 0.339 bits per heavy atom. The van der Waals surface area contributed by atoms with E-state index in [1.54, 1.807) is 0 Å². The van der Waals surface area contributed by atoms with E-state index < -0.39 is 5.41 Å². The number of thiophene rings is 1. The number of anilines is 6. The van der Waals surface area contributed by atoms with Crippen molar-refractivity contribution in [2.24, 2.45) is 0 Å². The summed E-state index contributed by atoms with van der Waals surface area (Å²) in [6.45, 7) is 0. The Morgan fingerprint density at radius 2 is 0.839 bits per heavy atom. The van der Waals surface area contributed by atoms with E-state index in [0.717, 1.165) is 17.1 Å². The molecule has 2 aliphatic rings. The van der Waals surface area contributed by atoms with E-state index in [4.69, 9.17) is 0 Å². The molecule has 1 aromatic heterocycles. The Kier molecular flexibility index (Phi) is 7.72. The van der Waals surface area contributed by atoms with Crippen LogP contribution in [0.4, 0.5) is 34.1 Å². The highest BCUT2D eigenvalue weighted by atomic mass is 32.1. The van der Waals surface area contributed by atoms with E-state index in [1.165, 1.54) is 92.5 Å². The molecule has 62 heavy (non-hydrogen) atoms. The quantitative estimate of drug-likeness (QED) is 0.165. The van der Waals surface area contributed by atoms with Gasteiger partial charge < -0.3 is 9.80 Å². The summed E-state index contributed by atoms with van der Waals surface area (Å²) in [6, 6.07) is 85.3. The van der Waals surface area contributed by atoms with Crippen LogP contribution in [-0.4, -0.2) is 0 Å². The van der Waals surface area contributed by atoms with Crippen LogP contribution in [0.1, 0.15) is 22.3 Å². The van der Waals surface area contributed by atoms with Crippen molar-refractivity contribution in [1.82, 2.24) is 0 Å². The molecule has 0 aliphatic heterocycles. The van der Waals surface area contributed by atoms with Crippen molar-refractivity contribution in [3.05, 3.63) is 253 Å². The van der Waals surface area contributed by atoms with Crippen molar-refractivity contribution in [3.63, 3.8) is 0 Å². The fraction of sp³-hybridized carbons (Fsp3) is 0.0169. The molecule has 3 heteroatoms. The molecule has 10 aromatic carbocycles. The van der Waals surface area contributed by atoms with Crippen LogP contribution in [0.15, 0.2) is 231 Å². The molecule has 0 saturated carbocycles. The first-order valence-corrected chi connectivity index (χ1v) is 22.2. The number of nitrogens with zero attached hydrogens (tertiary/aromatic N) is 2. The van der Waals surface area contributed by atoms with Gasteiger partial charge >= 0.3 is 0 Å². The van der Waals surface area contributed by atoms with Gasteiger partial charge in [0.15, 0.2) is 0 Å². The van der Waals surface area contributed by atoms with E-state index in [9.17, 15) is 0 Å². The molecule has 0 N–H and O–H groups in total. The Morgan fingerprint density at radius 3 is 1.53 bits per heavy atom. The normalized spacial score (nSPS) is 14.5. The number of hydrogen-bond donors (Lipinski definition) is 0. The minimum atomic E-state index is -0.586. The molecular formula is C59H38N2S. The summed E-state index contributed by atoms with van der Waals surface area (Å²) in [5.74, 6) is 0. The third-order valence-corrected chi connectivity index (χ3v) is 14.4. The zero-order chi connectivity index (χ0) is 40.8. The van der Waals surface area contributed by atoms with Crippen LogP contribution in [-0.2, 0) is 5.41 Å². The lowest BCUT2D eigenvalue weighted by Crippen LogP contribution is -2.26. The van der Waals surface area contributed by atoms with Crippen molar-refractivity contribution in [3.8, 4) is 22.3 Å². The maximum Gasteiger partial charge on any atom is 0.0727 e. The predicted molar refractivity (Wildman–Crippen MR) is 263 cm³/mol. The monoisotopic (exact) mass is 806 g/mol. The number of hydrogen-bond acceptors (Lipinski definition) is 3. The Balaban J connectivity index is 1.17. The Bertz CT molecular complexity index is 3500. The largest absolute Gasteiger partial charge is 0.310 e. The van der Waals surface area contributed by atoms with Gasteiger partial charge in [0.25, 0.3) is 0 Å². The van der Waals surface area contributed by atoms with Gasteiger partial charge in [-0.2, -0.15) is 0 Å². The molecule has 0 bridgehead atoms. The van der Waals surface area contributed by atoms with Gasteiger partial charge in [0.1, 0.15) is 0 Å². The number of rotatable bonds is 6. The van der Waals surface area contributed by atoms with E-state index in [-0.39, 0.29) is 0 Å². The lowest BCUT2D eigenvalue weighted by atomic mass is 9.70. The standard InChI is InChI=1S/C59H38N2S/c1-4-21-40(22-5-1)60(41-23-6-2-7-24-41)52-35-19-34-50-55(52)46-29-12-15-32-48(46)59(50)49-33-16-13-30-47(49)56-51(59)38-39-20-10-11-27-43(39)57(56)61(42-25-8-3-9-26-42)53-36-18-31-45-44-28-14-17-37-54(44)62-58(45)53/h1-38H. The second kappa shape index (κ2) is 13.7. The van der Waals surface area contributed by atoms with Gasteiger partial charge in [-0.05, 0) is 99.4 Å². The molecule has 290 valence electrons. The molecule has 0 fully saturated rings. The van der Waals surface area contributed by atoms with Crippen molar-refractivity contribution in [1.29, 1.82) is 0 Å². The molecule has 1 unspecified atom stereocenters. The molecule has 0 amide bonds. The molecule has 0 radical (unpaired) electrons. The fourth-order valence-corrected chi connectivity index (χ4v) is 12.0. The highest BCUT2D eigenvalue weighted by molar-refractivity contribution is 7.26. The molecule has 13 rings (SSSR count). The third-order valence-electron chi connectivity index (χ3n) is 13.2. The van der Waals surface area contributed by atoms with Crippen LogP contribution in [0.5, 0.6) is 0 Å². The van der Waals surface area contributed by atoms with E-state index in [0.29, 0.717) is 0 Å². The van der Waals surface area contributed by atoms with Gasteiger partial charge in [0, 0.05) is 49.0 Å². The maximum atomic E-state index is 2.57. The van der Waals surface area contributed by atoms with Gasteiger partial charge in [0.05, 0.1) is 27.2 Å². The summed E-state index contributed by atoms with van der Waals surface area (Å²) in [5, 5.41) is 5.02. The fourth-order valence-electron chi connectivity index (χ4n) is 10.8. The minimum Gasteiger partial charge on any atom is -0.310 e. The first kappa shape index (κ1) is 35.1. The molecule has 1 atom stereocenters. The lowest BCUT2D eigenvalue weighted by Gasteiger charge is -2.33. The summed E-state index contributed by atoms with van der Waals surface area (Å²) < 4.78 is 2.58. The number of benzene rings is 10. The summed E-state index contributed by atoms with van der Waals surface area (Å²) >= 11 is 1.88. The zero-order valence-corrected chi connectivity index (χ0v) is 34.6. The Labute approximate surface area is 364 Å². The van der Waals surface area contributed by atoms with E-state index in [2.05, 4.69) is 240 Å². The maximum absolute atomic E-state index is 2.57. The van der Waals surface area contributed by atoms with Gasteiger partial charge in [0.2, 0.25) is 0 Å². The van der Waals surface area contributed by atoms with E-state index >= 15 is 0 Å². The summed E-state index contributed by atoms with van der Waals surface area (Å²) in [5.41, 5.74) is 16.7. The number of fused-ring (bicyclic) bond motifs is 14. The van der Waals surface area contributed by atoms with Crippen molar-refractivity contribution in [2.75, 3.05) is 9.80 Å². The first-order chi connectivity index (χ1) is 30.8. The van der Waals surface area contributed by atoms with Crippen molar-refractivity contribution in [2.45, 2.75) is 5.41 Å². The second-order valence-corrected chi connectivity index (χ2v) is 17.4. The highest BCUT2D eigenvalue weighted by Gasteiger charge is 2.53. The smallest absolute Gasteiger partial charge is 0.0727 e. The average molecular weight is 807 g/mol. The van der Waals surface area contributed by atoms with Gasteiger partial charge in [-0.3, -0.25) is 0 Å². The predicted octanol–water partition coefficient (Wildman–Crippen LogP) is 16.5. The van der Waals surface area contributed by atoms with Crippen molar-refractivity contribution < 1.29 is 0 Å². The number of para-hydroxylation sites is 3. The molecule has 1 heterocycles. The lowest BCUT2D eigenvalue weighted by molar-refractivity contribution is 0.795. The van der Waals surface area contributed by atoms with Crippen LogP contribution in [0.25, 0.3) is 53.2 Å². The van der Waals surface area contributed by atoms with Gasteiger partial charge in [-0.25, -0.2) is 0 Å². The highest BCUT2D eigenvalue weighted by Crippen LogP contribution is 2.67. The molecular weight excluding hydrogens is 769 g/mol. The molecule has 2 aliphatic carbocycles. The summed E-state index contributed by atoms with van der Waals surface area (Å²) in [4.78, 5) is 5.00. The van der Waals surface area contributed by atoms with E-state index in [1.807, 2.05) is 11.3 Å². The van der Waals surface area contributed by atoms with Crippen LogP contribution >= 0.6 is 11.3 Å². The van der Waals surface area contributed by atoms with Crippen LogP contribution < -0.4 is 9.80 Å². The summed E-state index contributed by atoms with van der Waals surface area (Å²) in [7, 11) is 0.